The van der Waals surface area contributed by atoms with E-state index in [1.807, 2.05) is 0 Å². The molecular formula is C4H8O2. The SMILES string of the molecule is [2H]C([2H])([2H])[C@@H](C)C(=O)O. The zero-order valence-corrected chi connectivity index (χ0v) is 3.43. The van der Waals surface area contributed by atoms with Crippen molar-refractivity contribution in [2.75, 3.05) is 0 Å². The highest BCUT2D eigenvalue weighted by molar-refractivity contribution is 5.68. The number of rotatable bonds is 1. The second-order valence-corrected chi connectivity index (χ2v) is 1.06. The van der Waals surface area contributed by atoms with E-state index in [2.05, 4.69) is 0 Å². The third-order valence-corrected chi connectivity index (χ3v) is 0.370. The average molecular weight is 91.1 g/mol. The predicted octanol–water partition coefficient (Wildman–Crippen LogP) is 0.727. The van der Waals surface area contributed by atoms with E-state index in [0.717, 1.165) is 6.92 Å². The van der Waals surface area contributed by atoms with E-state index >= 15 is 0 Å². The lowest BCUT2D eigenvalue weighted by Crippen LogP contribution is -2.03. The fourth-order valence-electron chi connectivity index (χ4n) is 0. The first-order valence-electron chi connectivity index (χ1n) is 3.08. The molecule has 6 heavy (non-hydrogen) atoms. The summed E-state index contributed by atoms with van der Waals surface area (Å²) in [4.78, 5) is 9.99. The largest absolute Gasteiger partial charge is 0.481 e. The van der Waals surface area contributed by atoms with Gasteiger partial charge in [-0.1, -0.05) is 13.8 Å². The Hall–Kier alpha value is -0.530. The van der Waals surface area contributed by atoms with Crippen LogP contribution in [0.2, 0.25) is 0 Å². The van der Waals surface area contributed by atoms with Crippen molar-refractivity contribution in [3.05, 3.63) is 0 Å². The minimum atomic E-state index is -2.37. The van der Waals surface area contributed by atoms with Crippen molar-refractivity contribution in [1.82, 2.24) is 0 Å². The molecule has 1 N–H and O–H groups in total. The topological polar surface area (TPSA) is 37.3 Å². The van der Waals surface area contributed by atoms with E-state index in [1.54, 1.807) is 0 Å². The van der Waals surface area contributed by atoms with Crippen LogP contribution in [0.15, 0.2) is 0 Å². The number of hydrogen-bond donors (Lipinski definition) is 1. The van der Waals surface area contributed by atoms with Gasteiger partial charge in [-0.2, -0.15) is 0 Å². The predicted molar refractivity (Wildman–Crippen MR) is 22.5 cm³/mol. The minimum Gasteiger partial charge on any atom is -0.481 e. The van der Waals surface area contributed by atoms with Crippen molar-refractivity contribution in [2.45, 2.75) is 13.8 Å². The van der Waals surface area contributed by atoms with Crippen molar-refractivity contribution in [3.63, 3.8) is 0 Å². The molecular weight excluding hydrogens is 80.0 g/mol. The number of carboxylic acids is 1. The standard InChI is InChI=1S/C4H8O2/c1-3(2)4(5)6/h3H,1-2H3,(H,5,6)/i1D3/t3-/m0/s1. The normalized spacial score (nSPS) is 23.2. The van der Waals surface area contributed by atoms with Crippen LogP contribution in [0.25, 0.3) is 0 Å². The van der Waals surface area contributed by atoms with Crippen molar-refractivity contribution in [3.8, 4) is 0 Å². The highest BCUT2D eigenvalue weighted by Gasteiger charge is 1.99. The Kier molecular flexibility index (Phi) is 0.587. The van der Waals surface area contributed by atoms with E-state index in [9.17, 15) is 4.79 Å². The number of carboxylic acid groups (broad SMARTS) is 1. The third-order valence-electron chi connectivity index (χ3n) is 0.370. The molecule has 0 aromatic carbocycles. The molecule has 0 aliphatic carbocycles. The van der Waals surface area contributed by atoms with Gasteiger partial charge in [-0.05, 0) is 0 Å². The maximum absolute atomic E-state index is 9.99. The highest BCUT2D eigenvalue weighted by atomic mass is 16.4. The molecule has 0 saturated carbocycles. The third kappa shape index (κ3) is 1.76. The molecule has 0 aromatic heterocycles. The molecule has 0 bridgehead atoms. The van der Waals surface area contributed by atoms with Gasteiger partial charge in [-0.25, -0.2) is 0 Å². The van der Waals surface area contributed by atoms with Gasteiger partial charge in [0.1, 0.15) is 0 Å². The molecule has 36 valence electrons. The van der Waals surface area contributed by atoms with Crippen LogP contribution in [0.3, 0.4) is 0 Å². The van der Waals surface area contributed by atoms with Gasteiger partial charge in [0, 0.05) is 4.11 Å². The van der Waals surface area contributed by atoms with Crippen molar-refractivity contribution in [2.24, 2.45) is 5.92 Å². The summed E-state index contributed by atoms with van der Waals surface area (Å²) in [6.45, 7) is -1.21. The summed E-state index contributed by atoms with van der Waals surface area (Å²) in [5.41, 5.74) is 0. The maximum Gasteiger partial charge on any atom is 0.305 e. The van der Waals surface area contributed by atoms with Crippen molar-refractivity contribution in [1.29, 1.82) is 0 Å². The zero-order valence-electron chi connectivity index (χ0n) is 6.43. The maximum atomic E-state index is 9.99. The van der Waals surface area contributed by atoms with Crippen LogP contribution in [0.5, 0.6) is 0 Å². The van der Waals surface area contributed by atoms with Crippen LogP contribution >= 0.6 is 0 Å². The summed E-state index contributed by atoms with van der Waals surface area (Å²) in [6, 6.07) is 0. The van der Waals surface area contributed by atoms with Gasteiger partial charge in [0.05, 0.1) is 5.92 Å². The molecule has 0 aromatic rings. The summed E-state index contributed by atoms with van der Waals surface area (Å²) < 4.78 is 19.9. The van der Waals surface area contributed by atoms with Crippen molar-refractivity contribution >= 4 is 5.97 Å². The summed E-state index contributed by atoms with van der Waals surface area (Å²) in [5, 5.41) is 8.16. The van der Waals surface area contributed by atoms with Crippen LogP contribution in [-0.4, -0.2) is 11.1 Å². The first kappa shape index (κ1) is 1.96. The lowest BCUT2D eigenvalue weighted by molar-refractivity contribution is -0.140. The summed E-state index contributed by atoms with van der Waals surface area (Å²) in [6.07, 6.45) is 0. The summed E-state index contributed by atoms with van der Waals surface area (Å²) in [5.74, 6) is -2.55. The van der Waals surface area contributed by atoms with Crippen LogP contribution in [0.1, 0.15) is 17.9 Å². The molecule has 0 amide bonds. The first-order chi connectivity index (χ1) is 3.85. The number of aliphatic carboxylic acids is 1. The first-order valence-corrected chi connectivity index (χ1v) is 1.58. The lowest BCUT2D eigenvalue weighted by atomic mass is 10.2. The molecule has 0 aliphatic rings. The van der Waals surface area contributed by atoms with E-state index < -0.39 is 18.7 Å². The van der Waals surface area contributed by atoms with E-state index in [0.29, 0.717) is 0 Å². The molecule has 0 rings (SSSR count). The fourth-order valence-corrected chi connectivity index (χ4v) is 0. The lowest BCUT2D eigenvalue weighted by Gasteiger charge is -1.89. The molecule has 1 atom stereocenters. The average Bonchev–Trinajstić information content (AvgIpc) is 1.62. The van der Waals surface area contributed by atoms with Gasteiger partial charge < -0.3 is 5.11 Å². The summed E-state index contributed by atoms with van der Waals surface area (Å²) >= 11 is 0. The molecule has 0 radical (unpaired) electrons. The van der Waals surface area contributed by atoms with Crippen LogP contribution < -0.4 is 0 Å². The Bertz CT molecular complexity index is 117. The molecule has 0 spiro atoms. The van der Waals surface area contributed by atoms with Gasteiger partial charge >= 0.3 is 5.97 Å². The van der Waals surface area contributed by atoms with Crippen LogP contribution in [0.4, 0.5) is 0 Å². The number of carbonyl (C=O) groups is 1. The molecule has 0 aliphatic heterocycles. The highest BCUT2D eigenvalue weighted by Crippen LogP contribution is 1.87. The van der Waals surface area contributed by atoms with Crippen molar-refractivity contribution < 1.29 is 14.0 Å². The molecule has 0 heterocycles. The van der Waals surface area contributed by atoms with Gasteiger partial charge in [0.15, 0.2) is 0 Å². The zero-order chi connectivity index (χ0) is 7.65. The summed E-state index contributed by atoms with van der Waals surface area (Å²) in [7, 11) is 0. The second kappa shape index (κ2) is 1.80. The monoisotopic (exact) mass is 91.1 g/mol. The van der Waals surface area contributed by atoms with Crippen LogP contribution in [0, 0.1) is 5.92 Å². The van der Waals surface area contributed by atoms with Gasteiger partial charge in [0.2, 0.25) is 0 Å². The van der Waals surface area contributed by atoms with E-state index in [-0.39, 0.29) is 0 Å². The quantitative estimate of drug-likeness (QED) is 0.516. The second-order valence-electron chi connectivity index (χ2n) is 1.06. The van der Waals surface area contributed by atoms with Gasteiger partial charge in [-0.15, -0.1) is 0 Å². The molecule has 2 heteroatoms. The Balaban J connectivity index is 4.04. The van der Waals surface area contributed by atoms with E-state index in [4.69, 9.17) is 9.22 Å². The van der Waals surface area contributed by atoms with E-state index in [1.165, 1.54) is 0 Å². The Morgan fingerprint density at radius 1 is 2.17 bits per heavy atom. The smallest absolute Gasteiger partial charge is 0.305 e. The molecule has 2 nitrogen and oxygen atoms in total. The Morgan fingerprint density at radius 3 is 2.67 bits per heavy atom. The fraction of sp³-hybridized carbons (Fsp3) is 0.750. The minimum absolute atomic E-state index is 1.16. The Morgan fingerprint density at radius 2 is 2.67 bits per heavy atom. The molecule has 0 fully saturated rings. The molecule has 0 saturated heterocycles. The van der Waals surface area contributed by atoms with Gasteiger partial charge in [-0.3, -0.25) is 4.79 Å². The Labute approximate surface area is 41.0 Å². The number of hydrogen-bond acceptors (Lipinski definition) is 1. The van der Waals surface area contributed by atoms with Gasteiger partial charge in [0.25, 0.3) is 0 Å². The molecule has 0 unspecified atom stereocenters. The van der Waals surface area contributed by atoms with Crippen LogP contribution in [-0.2, 0) is 4.79 Å².